The number of rotatable bonds is 11. The van der Waals surface area contributed by atoms with Gasteiger partial charge in [-0.15, -0.1) is 0 Å². The lowest BCUT2D eigenvalue weighted by atomic mass is 9.84. The van der Waals surface area contributed by atoms with E-state index in [1.165, 1.54) is 35.8 Å². The summed E-state index contributed by atoms with van der Waals surface area (Å²) in [5.41, 5.74) is 6.81. The molecule has 4 N–H and O–H groups in total. The second-order valence-electron chi connectivity index (χ2n) is 11.6. The van der Waals surface area contributed by atoms with Gasteiger partial charge in [-0.25, -0.2) is 26.0 Å². The van der Waals surface area contributed by atoms with Crippen molar-refractivity contribution in [2.75, 3.05) is 25.5 Å². The monoisotopic (exact) mass is 685 g/mol. The Bertz CT molecular complexity index is 1860. The predicted octanol–water partition coefficient (Wildman–Crippen LogP) is 4.73. The summed E-state index contributed by atoms with van der Waals surface area (Å²) in [5.74, 6) is -4.82. The molecule has 254 valence electrons. The molecule has 0 spiro atoms. The third-order valence-electron chi connectivity index (χ3n) is 8.36. The molecule has 1 saturated heterocycles. The van der Waals surface area contributed by atoms with Crippen molar-refractivity contribution in [2.24, 2.45) is 5.73 Å². The van der Waals surface area contributed by atoms with Crippen molar-refractivity contribution in [3.8, 4) is 5.75 Å². The van der Waals surface area contributed by atoms with Gasteiger partial charge in [0.1, 0.15) is 33.9 Å². The van der Waals surface area contributed by atoms with Crippen LogP contribution in [-0.4, -0.2) is 61.9 Å². The number of ether oxygens (including phenoxy) is 1. The van der Waals surface area contributed by atoms with Crippen LogP contribution < -0.4 is 21.1 Å². The second kappa shape index (κ2) is 14.8. The Balaban J connectivity index is 1.40. The molecule has 1 aliphatic rings. The summed E-state index contributed by atoms with van der Waals surface area (Å²) in [6.45, 7) is 2.47. The highest BCUT2D eigenvalue weighted by Gasteiger charge is 2.39. The minimum absolute atomic E-state index is 0.00492. The van der Waals surface area contributed by atoms with E-state index in [1.807, 2.05) is 0 Å². The van der Waals surface area contributed by atoms with Gasteiger partial charge in [-0.2, -0.15) is 4.31 Å². The summed E-state index contributed by atoms with van der Waals surface area (Å²) < 4.78 is 92.0. The van der Waals surface area contributed by atoms with E-state index in [1.54, 1.807) is 25.1 Å². The number of sulfonamides is 1. The zero-order chi connectivity index (χ0) is 34.6. The molecule has 48 heavy (non-hydrogen) atoms. The van der Waals surface area contributed by atoms with E-state index in [4.69, 9.17) is 10.5 Å². The quantitative estimate of drug-likeness (QED) is 0.195. The number of carbonyl (C=O) groups excluding carboxylic acids is 1. The number of carbonyl (C=O) groups is 1. The molecule has 1 aliphatic heterocycles. The van der Waals surface area contributed by atoms with Gasteiger partial charge in [0.15, 0.2) is 0 Å². The number of benzene rings is 3. The van der Waals surface area contributed by atoms with Crippen molar-refractivity contribution in [1.82, 2.24) is 14.6 Å². The first-order valence-electron chi connectivity index (χ1n) is 15.2. The number of methoxy groups -OCH3 is 1. The molecule has 5 rings (SSSR count). The smallest absolute Gasteiger partial charge is 0.247 e. The first-order valence-corrected chi connectivity index (χ1v) is 16.6. The van der Waals surface area contributed by atoms with Crippen LogP contribution in [0.3, 0.4) is 0 Å². The van der Waals surface area contributed by atoms with Crippen LogP contribution >= 0.6 is 0 Å². The van der Waals surface area contributed by atoms with Gasteiger partial charge in [0.25, 0.3) is 0 Å². The lowest BCUT2D eigenvalue weighted by Gasteiger charge is -2.40. The molecule has 4 atom stereocenters. The molecule has 1 amide bonds. The predicted molar refractivity (Wildman–Crippen MR) is 172 cm³/mol. The molecule has 2 heterocycles. The van der Waals surface area contributed by atoms with Crippen LogP contribution in [0.4, 0.5) is 23.2 Å². The van der Waals surface area contributed by atoms with Crippen LogP contribution in [0, 0.1) is 23.3 Å². The number of hydrogen-bond donors (Lipinski definition) is 3. The lowest BCUT2D eigenvalue weighted by molar-refractivity contribution is -0.117. The number of hydrogen-bond acceptors (Lipinski definition) is 7. The van der Waals surface area contributed by atoms with Gasteiger partial charge >= 0.3 is 0 Å². The Morgan fingerprint density at radius 1 is 1.00 bits per heavy atom. The van der Waals surface area contributed by atoms with Gasteiger partial charge in [-0.1, -0.05) is 24.3 Å². The van der Waals surface area contributed by atoms with E-state index in [2.05, 4.69) is 15.6 Å². The van der Waals surface area contributed by atoms with E-state index in [-0.39, 0.29) is 40.3 Å². The Morgan fingerprint density at radius 3 is 2.38 bits per heavy atom. The molecule has 4 aromatic rings. The highest BCUT2D eigenvalue weighted by molar-refractivity contribution is 7.89. The fourth-order valence-electron chi connectivity index (χ4n) is 6.14. The minimum atomic E-state index is -4.03. The highest BCUT2D eigenvalue weighted by Crippen LogP contribution is 2.33. The number of aromatic nitrogens is 1. The summed E-state index contributed by atoms with van der Waals surface area (Å²) in [6.07, 6.45) is 2.39. The maximum absolute atomic E-state index is 15.3. The molecule has 9 nitrogen and oxygen atoms in total. The molecule has 1 aromatic heterocycles. The number of para-hydroxylation sites is 1. The molecular formula is C34H35F4N5O4S. The van der Waals surface area contributed by atoms with Crippen LogP contribution in [0.1, 0.15) is 36.0 Å². The molecule has 3 aromatic carbocycles. The maximum atomic E-state index is 15.3. The summed E-state index contributed by atoms with van der Waals surface area (Å²) in [7, 11) is -2.64. The number of halogens is 4. The fraction of sp³-hybridized carbons (Fsp3) is 0.294. The van der Waals surface area contributed by atoms with Gasteiger partial charge in [0, 0.05) is 42.7 Å². The molecular weight excluding hydrogens is 650 g/mol. The van der Waals surface area contributed by atoms with E-state index >= 15 is 4.39 Å². The first kappa shape index (κ1) is 35.0. The normalized spacial score (nSPS) is 18.2. The molecule has 0 aliphatic carbocycles. The molecule has 14 heteroatoms. The number of piperazine rings is 1. The lowest BCUT2D eigenvalue weighted by Crippen LogP contribution is -2.58. The average Bonchev–Trinajstić information content (AvgIpc) is 3.05. The Morgan fingerprint density at radius 2 is 1.69 bits per heavy atom. The molecule has 1 fully saturated rings. The van der Waals surface area contributed by atoms with Crippen molar-refractivity contribution in [2.45, 2.75) is 48.7 Å². The number of pyridine rings is 1. The van der Waals surface area contributed by atoms with Gasteiger partial charge in [0.2, 0.25) is 15.9 Å². The van der Waals surface area contributed by atoms with Gasteiger partial charge in [-0.05, 0) is 67.3 Å². The maximum Gasteiger partial charge on any atom is 0.247 e. The van der Waals surface area contributed by atoms with Crippen LogP contribution in [-0.2, 0) is 21.2 Å². The number of nitrogens with one attached hydrogen (secondary N) is 2. The van der Waals surface area contributed by atoms with Gasteiger partial charge in [-0.3, -0.25) is 9.78 Å². The second-order valence-corrected chi connectivity index (χ2v) is 13.4. The molecule has 0 bridgehead atoms. The zero-order valence-electron chi connectivity index (χ0n) is 26.2. The largest absolute Gasteiger partial charge is 0.495 e. The Kier molecular flexibility index (Phi) is 10.8. The Hall–Kier alpha value is -4.37. The summed E-state index contributed by atoms with van der Waals surface area (Å²) >= 11 is 0. The van der Waals surface area contributed by atoms with Crippen molar-refractivity contribution in [3.05, 3.63) is 119 Å². The SMILES string of the molecule is COc1ccccc1S(=O)(=O)N1C(CCc2c(F)cncc2NC(=O)[C@@H](N)[C@@H](c2ccc(F)cc2)c2cc(F)cc(F)c2)CNC[C@@H]1C. The zero-order valence-corrected chi connectivity index (χ0v) is 27.0. The minimum Gasteiger partial charge on any atom is -0.495 e. The van der Waals surface area contributed by atoms with Crippen molar-refractivity contribution >= 4 is 21.6 Å². The third kappa shape index (κ3) is 7.51. The van der Waals surface area contributed by atoms with Crippen molar-refractivity contribution in [3.63, 3.8) is 0 Å². The summed E-state index contributed by atoms with van der Waals surface area (Å²) in [5, 5.41) is 5.83. The van der Waals surface area contributed by atoms with Gasteiger partial charge in [0.05, 0.1) is 31.2 Å². The van der Waals surface area contributed by atoms with Crippen LogP contribution in [0.15, 0.2) is 84.0 Å². The topological polar surface area (TPSA) is 127 Å². The van der Waals surface area contributed by atoms with Crippen LogP contribution in [0.5, 0.6) is 5.75 Å². The third-order valence-corrected chi connectivity index (χ3v) is 10.5. The van der Waals surface area contributed by atoms with Crippen LogP contribution in [0.2, 0.25) is 0 Å². The first-order chi connectivity index (χ1) is 22.9. The van der Waals surface area contributed by atoms with E-state index in [0.717, 1.165) is 30.5 Å². The molecule has 0 saturated carbocycles. The van der Waals surface area contributed by atoms with Crippen LogP contribution in [0.25, 0.3) is 0 Å². The number of amides is 1. The average molecular weight is 686 g/mol. The van der Waals surface area contributed by atoms with Crippen molar-refractivity contribution < 1.29 is 35.5 Å². The number of nitrogens with two attached hydrogens (primary N) is 1. The van der Waals surface area contributed by atoms with E-state index in [0.29, 0.717) is 24.7 Å². The molecule has 1 unspecified atom stereocenters. The van der Waals surface area contributed by atoms with Gasteiger partial charge < -0.3 is 21.1 Å². The van der Waals surface area contributed by atoms with Crippen molar-refractivity contribution in [1.29, 1.82) is 0 Å². The summed E-state index contributed by atoms with van der Waals surface area (Å²) in [6, 6.07) is 11.5. The van der Waals surface area contributed by atoms with E-state index in [9.17, 15) is 26.4 Å². The number of anilines is 1. The van der Waals surface area contributed by atoms with E-state index < -0.39 is 63.2 Å². The standard InChI is InChI=1S/C34H35F4N5O4S/c1-20-16-40-17-26(43(20)48(45,46)31-6-4-3-5-30(31)47-2)11-12-27-28(38)18-41-19-29(27)42-34(44)33(39)32(21-7-9-23(35)10-8-21)22-13-24(36)15-25(37)14-22/h3-10,13-15,18-20,26,32-33,40H,11-12,16-17,39H2,1-2H3,(H,42,44)/t20-,26?,32-,33-/m0/s1. The number of nitrogens with zero attached hydrogens (tertiary/aromatic N) is 2. The highest BCUT2D eigenvalue weighted by atomic mass is 32.2. The molecule has 0 radical (unpaired) electrons. The fourth-order valence-corrected chi connectivity index (χ4v) is 8.14. The summed E-state index contributed by atoms with van der Waals surface area (Å²) in [4.78, 5) is 17.5. The Labute approximate surface area is 276 Å².